The lowest BCUT2D eigenvalue weighted by molar-refractivity contribution is 0.0937. The lowest BCUT2D eigenvalue weighted by atomic mass is 10.1. The van der Waals surface area contributed by atoms with Gasteiger partial charge in [0.2, 0.25) is 0 Å². The number of furan rings is 1. The highest BCUT2D eigenvalue weighted by Crippen LogP contribution is 2.20. The number of rotatable bonds is 6. The standard InChI is InChI=1S/C22H20FN3O2/c1-15(4-10-19-3-2-12-28-19)24-22(27)17-7-11-21-25-20(14-26(21)13-17)16-5-8-18(23)9-6-16/h2-3,5-9,11-15H,4,10H2,1H3,(H,24,27)/t15-/m0/s1. The van der Waals surface area contributed by atoms with E-state index in [4.69, 9.17) is 4.42 Å². The number of nitrogens with one attached hydrogen (secondary N) is 1. The van der Waals surface area contributed by atoms with Crippen LogP contribution in [0.4, 0.5) is 4.39 Å². The minimum absolute atomic E-state index is 0.0193. The summed E-state index contributed by atoms with van der Waals surface area (Å²) >= 11 is 0. The largest absolute Gasteiger partial charge is 0.469 e. The monoisotopic (exact) mass is 377 g/mol. The molecule has 0 unspecified atom stereocenters. The summed E-state index contributed by atoms with van der Waals surface area (Å²) in [6, 6.07) is 13.5. The highest BCUT2D eigenvalue weighted by molar-refractivity contribution is 5.94. The van der Waals surface area contributed by atoms with Gasteiger partial charge in [0, 0.05) is 30.4 Å². The number of carbonyl (C=O) groups excluding carboxylic acids is 1. The summed E-state index contributed by atoms with van der Waals surface area (Å²) in [6.07, 6.45) is 6.81. The average Bonchev–Trinajstić information content (AvgIpc) is 3.36. The van der Waals surface area contributed by atoms with Crippen molar-refractivity contribution in [3.05, 3.63) is 84.3 Å². The number of hydrogen-bond donors (Lipinski definition) is 1. The van der Waals surface area contributed by atoms with Gasteiger partial charge in [-0.15, -0.1) is 0 Å². The van der Waals surface area contributed by atoms with Crippen molar-refractivity contribution in [1.29, 1.82) is 0 Å². The molecule has 0 aliphatic heterocycles. The van der Waals surface area contributed by atoms with E-state index in [9.17, 15) is 9.18 Å². The molecule has 4 rings (SSSR count). The van der Waals surface area contributed by atoms with Crippen molar-refractivity contribution in [2.45, 2.75) is 25.8 Å². The van der Waals surface area contributed by atoms with Crippen LogP contribution in [-0.4, -0.2) is 21.3 Å². The summed E-state index contributed by atoms with van der Waals surface area (Å²) < 4.78 is 20.2. The molecule has 4 aromatic rings. The van der Waals surface area contributed by atoms with Gasteiger partial charge in [-0.3, -0.25) is 4.79 Å². The molecule has 0 spiro atoms. The highest BCUT2D eigenvalue weighted by atomic mass is 19.1. The van der Waals surface area contributed by atoms with E-state index in [1.165, 1.54) is 12.1 Å². The van der Waals surface area contributed by atoms with E-state index in [0.29, 0.717) is 5.56 Å². The number of aromatic nitrogens is 2. The molecule has 28 heavy (non-hydrogen) atoms. The number of carbonyl (C=O) groups is 1. The zero-order chi connectivity index (χ0) is 19.5. The van der Waals surface area contributed by atoms with Crippen molar-refractivity contribution in [2.75, 3.05) is 0 Å². The van der Waals surface area contributed by atoms with Crippen molar-refractivity contribution in [2.24, 2.45) is 0 Å². The van der Waals surface area contributed by atoms with Crippen LogP contribution in [0, 0.1) is 5.82 Å². The van der Waals surface area contributed by atoms with Crippen LogP contribution in [0.3, 0.4) is 0 Å². The predicted octanol–water partition coefficient (Wildman–Crippen LogP) is 4.48. The Balaban J connectivity index is 1.46. The molecule has 1 N–H and O–H groups in total. The Morgan fingerprint density at radius 1 is 1.18 bits per heavy atom. The Labute approximate surface area is 161 Å². The van der Waals surface area contributed by atoms with Gasteiger partial charge in [-0.2, -0.15) is 0 Å². The fourth-order valence-electron chi connectivity index (χ4n) is 3.08. The molecule has 0 aliphatic rings. The fraction of sp³-hybridized carbons (Fsp3) is 0.182. The van der Waals surface area contributed by atoms with Crippen LogP contribution in [0.1, 0.15) is 29.5 Å². The third kappa shape index (κ3) is 3.96. The minimum atomic E-state index is -0.285. The summed E-state index contributed by atoms with van der Waals surface area (Å²) in [7, 11) is 0. The average molecular weight is 377 g/mol. The lowest BCUT2D eigenvalue weighted by Gasteiger charge is -2.13. The maximum absolute atomic E-state index is 13.1. The molecule has 142 valence electrons. The number of fused-ring (bicyclic) bond motifs is 1. The number of hydrogen-bond acceptors (Lipinski definition) is 3. The molecule has 0 aliphatic carbocycles. The SMILES string of the molecule is C[C@@H](CCc1ccco1)NC(=O)c1ccc2nc(-c3ccc(F)cc3)cn2c1. The van der Waals surface area contributed by atoms with Gasteiger partial charge in [0.1, 0.15) is 17.2 Å². The number of pyridine rings is 1. The van der Waals surface area contributed by atoms with Crippen LogP contribution in [0.15, 0.2) is 71.6 Å². The Hall–Kier alpha value is -3.41. The van der Waals surface area contributed by atoms with Crippen LogP contribution >= 0.6 is 0 Å². The third-order valence-electron chi connectivity index (χ3n) is 4.63. The zero-order valence-electron chi connectivity index (χ0n) is 15.4. The summed E-state index contributed by atoms with van der Waals surface area (Å²) in [5.41, 5.74) is 2.83. The molecule has 0 saturated heterocycles. The first-order chi connectivity index (χ1) is 13.6. The van der Waals surface area contributed by atoms with Gasteiger partial charge in [0.05, 0.1) is 17.5 Å². The van der Waals surface area contributed by atoms with Gasteiger partial charge in [-0.25, -0.2) is 9.37 Å². The maximum atomic E-state index is 13.1. The van der Waals surface area contributed by atoms with Gasteiger partial charge in [-0.05, 0) is 61.9 Å². The quantitative estimate of drug-likeness (QED) is 0.539. The van der Waals surface area contributed by atoms with Crippen LogP contribution in [0.2, 0.25) is 0 Å². The second kappa shape index (κ2) is 7.68. The number of imidazole rings is 1. The molecular formula is C22H20FN3O2. The molecule has 3 heterocycles. The Morgan fingerprint density at radius 3 is 2.75 bits per heavy atom. The molecule has 1 amide bonds. The van der Waals surface area contributed by atoms with Gasteiger partial charge in [0.25, 0.3) is 5.91 Å². The minimum Gasteiger partial charge on any atom is -0.469 e. The predicted molar refractivity (Wildman–Crippen MR) is 105 cm³/mol. The van der Waals surface area contributed by atoms with E-state index < -0.39 is 0 Å². The fourth-order valence-corrected chi connectivity index (χ4v) is 3.08. The van der Waals surface area contributed by atoms with Crippen LogP contribution in [0.5, 0.6) is 0 Å². The van der Waals surface area contributed by atoms with Gasteiger partial charge < -0.3 is 14.1 Å². The van der Waals surface area contributed by atoms with Crippen LogP contribution in [-0.2, 0) is 6.42 Å². The van der Waals surface area contributed by atoms with Crippen LogP contribution in [0.25, 0.3) is 16.9 Å². The van der Waals surface area contributed by atoms with Crippen molar-refractivity contribution < 1.29 is 13.6 Å². The summed E-state index contributed by atoms with van der Waals surface area (Å²) in [6.45, 7) is 1.98. The van der Waals surface area contributed by atoms with E-state index >= 15 is 0 Å². The van der Waals surface area contributed by atoms with E-state index in [0.717, 1.165) is 35.5 Å². The lowest BCUT2D eigenvalue weighted by Crippen LogP contribution is -2.33. The first-order valence-corrected chi connectivity index (χ1v) is 9.16. The molecule has 5 nitrogen and oxygen atoms in total. The number of amides is 1. The third-order valence-corrected chi connectivity index (χ3v) is 4.63. The van der Waals surface area contributed by atoms with Gasteiger partial charge in [0.15, 0.2) is 0 Å². The zero-order valence-corrected chi connectivity index (χ0v) is 15.4. The number of halogens is 1. The van der Waals surface area contributed by atoms with E-state index in [-0.39, 0.29) is 17.8 Å². The molecule has 0 radical (unpaired) electrons. The number of nitrogens with zero attached hydrogens (tertiary/aromatic N) is 2. The summed E-state index contributed by atoms with van der Waals surface area (Å²) in [5.74, 6) is 0.493. The van der Waals surface area contributed by atoms with Crippen molar-refractivity contribution >= 4 is 11.6 Å². The molecule has 0 bridgehead atoms. The Bertz CT molecular complexity index is 1080. The van der Waals surface area contributed by atoms with Gasteiger partial charge in [-0.1, -0.05) is 0 Å². The molecule has 0 fully saturated rings. The van der Waals surface area contributed by atoms with Crippen LogP contribution < -0.4 is 5.32 Å². The highest BCUT2D eigenvalue weighted by Gasteiger charge is 2.12. The first kappa shape index (κ1) is 18.0. The molecule has 1 atom stereocenters. The normalized spacial score (nSPS) is 12.2. The van der Waals surface area contributed by atoms with Crippen molar-refractivity contribution in [3.63, 3.8) is 0 Å². The smallest absolute Gasteiger partial charge is 0.252 e. The molecule has 0 saturated carbocycles. The topological polar surface area (TPSA) is 59.5 Å². The number of benzene rings is 1. The Morgan fingerprint density at radius 2 is 2.00 bits per heavy atom. The maximum Gasteiger partial charge on any atom is 0.252 e. The summed E-state index contributed by atoms with van der Waals surface area (Å²) in [5, 5.41) is 3.01. The van der Waals surface area contributed by atoms with E-state index in [1.54, 1.807) is 41.1 Å². The molecular weight excluding hydrogens is 357 g/mol. The first-order valence-electron chi connectivity index (χ1n) is 9.16. The number of aryl methyl sites for hydroxylation is 1. The second-order valence-corrected chi connectivity index (χ2v) is 6.81. The van der Waals surface area contributed by atoms with E-state index in [2.05, 4.69) is 10.3 Å². The van der Waals surface area contributed by atoms with E-state index in [1.807, 2.05) is 25.3 Å². The Kier molecular flexibility index (Phi) is 4.93. The van der Waals surface area contributed by atoms with Gasteiger partial charge >= 0.3 is 0 Å². The molecule has 1 aromatic carbocycles. The molecule has 6 heteroatoms. The second-order valence-electron chi connectivity index (χ2n) is 6.81. The van der Waals surface area contributed by atoms with Crippen molar-refractivity contribution in [3.8, 4) is 11.3 Å². The molecule has 3 aromatic heterocycles. The van der Waals surface area contributed by atoms with Crippen molar-refractivity contribution in [1.82, 2.24) is 14.7 Å². The summed E-state index contributed by atoms with van der Waals surface area (Å²) in [4.78, 5) is 17.1.